The van der Waals surface area contributed by atoms with E-state index in [0.717, 1.165) is 11.1 Å². The summed E-state index contributed by atoms with van der Waals surface area (Å²) in [6.45, 7) is 1.33. The third-order valence-electron chi connectivity index (χ3n) is 1.38. The summed E-state index contributed by atoms with van der Waals surface area (Å²) in [5, 5.41) is 0. The quantitative estimate of drug-likeness (QED) is 0.319. The molecule has 0 fully saturated rings. The average Bonchev–Trinajstić information content (AvgIpc) is 2.11. The van der Waals surface area contributed by atoms with Crippen LogP contribution in [0.2, 0.25) is 0 Å². The summed E-state index contributed by atoms with van der Waals surface area (Å²) < 4.78 is 40.8. The smallest absolute Gasteiger partial charge is 0.455 e. The second-order valence-corrected chi connectivity index (χ2v) is 3.05. The first-order valence-corrected chi connectivity index (χ1v) is 4.37. The van der Waals surface area contributed by atoms with Crippen molar-refractivity contribution in [2.24, 2.45) is 0 Å². The maximum Gasteiger partial charge on any atom is 0.455 e. The number of esters is 1. The molecule has 0 aromatic rings. The van der Waals surface area contributed by atoms with Gasteiger partial charge in [0.25, 0.3) is 5.78 Å². The Bertz CT molecular complexity index is 308. The van der Waals surface area contributed by atoms with E-state index in [1.54, 1.807) is 0 Å². The van der Waals surface area contributed by atoms with Crippen molar-refractivity contribution in [3.63, 3.8) is 0 Å². The summed E-state index contributed by atoms with van der Waals surface area (Å²) in [4.78, 5) is 23.2. The summed E-state index contributed by atoms with van der Waals surface area (Å²) in [5.74, 6) is -3.49. The third kappa shape index (κ3) is 4.33. The standard InChI is InChI=1S/C9H12F3NO3/c1-4-16-8(15)6(5-13(2)3)7(14)9(10,11)12/h5H,4H2,1-3H3/b6-5+. The zero-order valence-electron chi connectivity index (χ0n) is 9.09. The van der Waals surface area contributed by atoms with E-state index in [4.69, 9.17) is 0 Å². The van der Waals surface area contributed by atoms with Gasteiger partial charge in [0.1, 0.15) is 5.57 Å². The van der Waals surface area contributed by atoms with Crippen molar-refractivity contribution >= 4 is 11.8 Å². The second-order valence-electron chi connectivity index (χ2n) is 3.05. The molecule has 0 aliphatic carbocycles. The van der Waals surface area contributed by atoms with Gasteiger partial charge in [-0.15, -0.1) is 0 Å². The van der Waals surface area contributed by atoms with E-state index in [2.05, 4.69) is 4.74 Å². The Kier molecular flexibility index (Phi) is 5.00. The third-order valence-corrected chi connectivity index (χ3v) is 1.38. The molecule has 92 valence electrons. The van der Waals surface area contributed by atoms with Crippen molar-refractivity contribution in [2.45, 2.75) is 13.1 Å². The lowest BCUT2D eigenvalue weighted by Gasteiger charge is -2.11. The average molecular weight is 239 g/mol. The summed E-state index contributed by atoms with van der Waals surface area (Å²) in [6, 6.07) is 0. The van der Waals surface area contributed by atoms with Crippen molar-refractivity contribution in [1.29, 1.82) is 0 Å². The topological polar surface area (TPSA) is 46.6 Å². The van der Waals surface area contributed by atoms with Crippen LogP contribution in [-0.2, 0) is 14.3 Å². The molecule has 0 N–H and O–H groups in total. The highest BCUT2D eigenvalue weighted by molar-refractivity contribution is 6.19. The molecular formula is C9H12F3NO3. The van der Waals surface area contributed by atoms with Gasteiger partial charge < -0.3 is 9.64 Å². The molecular weight excluding hydrogens is 227 g/mol. The molecule has 16 heavy (non-hydrogen) atoms. The number of Topliss-reactive ketones (excluding diaryl/α,β-unsaturated/α-hetero) is 1. The summed E-state index contributed by atoms with van der Waals surface area (Å²) >= 11 is 0. The van der Waals surface area contributed by atoms with E-state index < -0.39 is 23.5 Å². The highest BCUT2D eigenvalue weighted by atomic mass is 19.4. The van der Waals surface area contributed by atoms with Gasteiger partial charge in [0.15, 0.2) is 0 Å². The van der Waals surface area contributed by atoms with Crippen LogP contribution in [0.3, 0.4) is 0 Å². The first-order chi connectivity index (χ1) is 7.20. The van der Waals surface area contributed by atoms with Gasteiger partial charge in [0.2, 0.25) is 0 Å². The van der Waals surface area contributed by atoms with Crippen LogP contribution < -0.4 is 0 Å². The molecule has 0 aliphatic rings. The van der Waals surface area contributed by atoms with Gasteiger partial charge in [0.05, 0.1) is 6.61 Å². The van der Waals surface area contributed by atoms with Crippen molar-refractivity contribution < 1.29 is 27.5 Å². The van der Waals surface area contributed by atoms with Gasteiger partial charge in [-0.2, -0.15) is 13.2 Å². The number of hydrogen-bond acceptors (Lipinski definition) is 4. The van der Waals surface area contributed by atoms with E-state index in [1.807, 2.05) is 0 Å². The van der Waals surface area contributed by atoms with Gasteiger partial charge in [0, 0.05) is 20.3 Å². The minimum absolute atomic E-state index is 0.102. The predicted molar refractivity (Wildman–Crippen MR) is 49.5 cm³/mol. The summed E-state index contributed by atoms with van der Waals surface area (Å²) in [5.41, 5.74) is -1.03. The number of halogens is 3. The molecule has 0 aromatic heterocycles. The Balaban J connectivity index is 5.12. The largest absolute Gasteiger partial charge is 0.462 e. The van der Waals surface area contributed by atoms with Crippen LogP contribution in [0.4, 0.5) is 13.2 Å². The lowest BCUT2D eigenvalue weighted by Crippen LogP contribution is -2.30. The van der Waals surface area contributed by atoms with E-state index in [1.165, 1.54) is 21.0 Å². The molecule has 0 rings (SSSR count). The number of ketones is 1. The molecule has 0 amide bonds. The van der Waals surface area contributed by atoms with Crippen molar-refractivity contribution in [1.82, 2.24) is 4.90 Å². The van der Waals surface area contributed by atoms with Crippen LogP contribution in [0.1, 0.15) is 6.92 Å². The van der Waals surface area contributed by atoms with Gasteiger partial charge in [-0.3, -0.25) is 4.79 Å². The lowest BCUT2D eigenvalue weighted by atomic mass is 10.2. The van der Waals surface area contributed by atoms with Crippen LogP contribution >= 0.6 is 0 Å². The van der Waals surface area contributed by atoms with Gasteiger partial charge in [-0.25, -0.2) is 4.79 Å². The van der Waals surface area contributed by atoms with Crippen molar-refractivity contribution in [3.8, 4) is 0 Å². The number of carbonyl (C=O) groups is 2. The fourth-order valence-corrected chi connectivity index (χ4v) is 0.824. The first-order valence-electron chi connectivity index (χ1n) is 4.37. The number of hydrogen-bond donors (Lipinski definition) is 0. The fraction of sp³-hybridized carbons (Fsp3) is 0.556. The number of ether oxygens (including phenoxy) is 1. The highest BCUT2D eigenvalue weighted by Crippen LogP contribution is 2.21. The molecule has 0 saturated heterocycles. The molecule has 7 heteroatoms. The minimum Gasteiger partial charge on any atom is -0.462 e. The normalized spacial score (nSPS) is 12.2. The van der Waals surface area contributed by atoms with Crippen molar-refractivity contribution in [3.05, 3.63) is 11.8 Å². The molecule has 0 aromatic carbocycles. The summed E-state index contributed by atoms with van der Waals surface area (Å²) in [7, 11) is 2.78. The number of rotatable bonds is 4. The van der Waals surface area contributed by atoms with Crippen LogP contribution in [0.5, 0.6) is 0 Å². The maximum atomic E-state index is 12.1. The van der Waals surface area contributed by atoms with E-state index in [9.17, 15) is 22.8 Å². The van der Waals surface area contributed by atoms with E-state index in [0.29, 0.717) is 0 Å². The van der Waals surface area contributed by atoms with Gasteiger partial charge in [-0.05, 0) is 6.92 Å². The van der Waals surface area contributed by atoms with Crippen LogP contribution in [0, 0.1) is 0 Å². The first kappa shape index (κ1) is 14.5. The van der Waals surface area contributed by atoms with Crippen molar-refractivity contribution in [2.75, 3.05) is 20.7 Å². The van der Waals surface area contributed by atoms with E-state index >= 15 is 0 Å². The number of carbonyl (C=O) groups excluding carboxylic acids is 2. The zero-order chi connectivity index (χ0) is 12.9. The molecule has 0 heterocycles. The Hall–Kier alpha value is -1.53. The van der Waals surface area contributed by atoms with Gasteiger partial charge >= 0.3 is 12.1 Å². The maximum absolute atomic E-state index is 12.1. The van der Waals surface area contributed by atoms with Crippen LogP contribution in [-0.4, -0.2) is 43.5 Å². The second kappa shape index (κ2) is 5.53. The van der Waals surface area contributed by atoms with Gasteiger partial charge in [-0.1, -0.05) is 0 Å². The zero-order valence-corrected chi connectivity index (χ0v) is 9.09. The Morgan fingerprint density at radius 2 is 1.81 bits per heavy atom. The molecule has 0 aliphatic heterocycles. The minimum atomic E-state index is -5.09. The fourth-order valence-electron chi connectivity index (χ4n) is 0.824. The van der Waals surface area contributed by atoms with Crippen LogP contribution in [0.15, 0.2) is 11.8 Å². The molecule has 0 bridgehead atoms. The van der Waals surface area contributed by atoms with E-state index in [-0.39, 0.29) is 6.61 Å². The van der Waals surface area contributed by atoms with Crippen LogP contribution in [0.25, 0.3) is 0 Å². The monoisotopic (exact) mass is 239 g/mol. The molecule has 0 unspecified atom stereocenters. The highest BCUT2D eigenvalue weighted by Gasteiger charge is 2.43. The molecule has 0 spiro atoms. The molecule has 4 nitrogen and oxygen atoms in total. The summed E-state index contributed by atoms with van der Waals surface area (Å²) in [6.07, 6.45) is -4.30. The predicted octanol–water partition coefficient (Wildman–Crippen LogP) is 1.13. The Labute approximate surface area is 90.7 Å². The lowest BCUT2D eigenvalue weighted by molar-refractivity contribution is -0.168. The Morgan fingerprint density at radius 1 is 1.31 bits per heavy atom. The molecule has 0 saturated carbocycles. The Morgan fingerprint density at radius 3 is 2.12 bits per heavy atom. The molecule has 0 radical (unpaired) electrons. The number of nitrogens with zero attached hydrogens (tertiary/aromatic N) is 1. The SMILES string of the molecule is CCOC(=O)/C(=C/N(C)C)C(=O)C(F)(F)F. The number of alkyl halides is 3. The molecule has 0 atom stereocenters.